The van der Waals surface area contributed by atoms with Gasteiger partial charge in [0.2, 0.25) is 5.89 Å². The third-order valence-corrected chi connectivity index (χ3v) is 2.84. The van der Waals surface area contributed by atoms with Crippen molar-refractivity contribution in [2.75, 3.05) is 23.7 Å². The Hall–Kier alpha value is -2.18. The van der Waals surface area contributed by atoms with Gasteiger partial charge < -0.3 is 15.2 Å². The normalized spacial score (nSPS) is 10.6. The fraction of sp³-hybridized carbons (Fsp3) is 0.538. The van der Waals surface area contributed by atoms with Crippen LogP contribution in [0.5, 0.6) is 0 Å². The highest BCUT2D eigenvalue weighted by Crippen LogP contribution is 2.17. The molecule has 7 heteroatoms. The minimum Gasteiger partial charge on any atom is -0.370 e. The van der Waals surface area contributed by atoms with E-state index in [0.717, 1.165) is 30.2 Å². The number of hydrogen-bond donors (Lipinski definition) is 2. The third kappa shape index (κ3) is 3.66. The number of hydrogen-bond acceptors (Lipinski definition) is 7. The average molecular weight is 276 g/mol. The smallest absolute Gasteiger partial charge is 0.223 e. The van der Waals surface area contributed by atoms with E-state index in [9.17, 15) is 0 Å². The topological polar surface area (TPSA) is 88.8 Å². The number of nitrogens with zero attached hydrogens (tertiary/aromatic N) is 4. The fourth-order valence-electron chi connectivity index (χ4n) is 1.79. The molecule has 2 aromatic rings. The lowest BCUT2D eigenvalue weighted by Crippen LogP contribution is -2.11. The van der Waals surface area contributed by atoms with Crippen molar-refractivity contribution in [3.63, 3.8) is 0 Å². The van der Waals surface area contributed by atoms with Crippen LogP contribution in [-0.4, -0.2) is 33.2 Å². The minimum atomic E-state index is 0.587. The molecule has 0 aliphatic rings. The van der Waals surface area contributed by atoms with Crippen LogP contribution >= 0.6 is 0 Å². The van der Waals surface area contributed by atoms with Crippen molar-refractivity contribution in [1.82, 2.24) is 20.1 Å². The van der Waals surface area contributed by atoms with Crippen LogP contribution in [0.3, 0.4) is 0 Å². The summed E-state index contributed by atoms with van der Waals surface area (Å²) in [5.74, 6) is 2.99. The Labute approximate surface area is 118 Å². The maximum Gasteiger partial charge on any atom is 0.223 e. The number of anilines is 2. The van der Waals surface area contributed by atoms with Crippen LogP contribution in [0.25, 0.3) is 0 Å². The molecule has 0 unspecified atom stereocenters. The average Bonchev–Trinajstić information content (AvgIpc) is 2.85. The second-order valence-corrected chi connectivity index (χ2v) is 4.53. The Morgan fingerprint density at radius 3 is 2.40 bits per heavy atom. The minimum absolute atomic E-state index is 0.587. The first kappa shape index (κ1) is 14.2. The molecule has 2 aromatic heterocycles. The summed E-state index contributed by atoms with van der Waals surface area (Å²) in [5.41, 5.74) is 1.02. The summed E-state index contributed by atoms with van der Waals surface area (Å²) < 4.78 is 4.93. The highest BCUT2D eigenvalue weighted by Gasteiger charge is 2.07. The Bertz CT molecular complexity index is 554. The predicted molar refractivity (Wildman–Crippen MR) is 76.8 cm³/mol. The van der Waals surface area contributed by atoms with Crippen LogP contribution in [0.2, 0.25) is 0 Å². The molecule has 2 heterocycles. The highest BCUT2D eigenvalue weighted by molar-refractivity contribution is 5.56. The Morgan fingerprint density at radius 1 is 1.10 bits per heavy atom. The quantitative estimate of drug-likeness (QED) is 0.799. The first-order chi connectivity index (χ1) is 9.70. The SMILES string of the molecule is CCCNc1ncnc(NCCc2noc(C)n2)c1C. The molecule has 0 radical (unpaired) electrons. The summed E-state index contributed by atoms with van der Waals surface area (Å²) in [6.07, 6.45) is 3.31. The summed E-state index contributed by atoms with van der Waals surface area (Å²) in [6, 6.07) is 0. The fourth-order valence-corrected chi connectivity index (χ4v) is 1.79. The van der Waals surface area contributed by atoms with E-state index < -0.39 is 0 Å². The van der Waals surface area contributed by atoms with E-state index >= 15 is 0 Å². The summed E-state index contributed by atoms with van der Waals surface area (Å²) >= 11 is 0. The van der Waals surface area contributed by atoms with Gasteiger partial charge in [-0.05, 0) is 13.3 Å². The molecule has 108 valence electrons. The lowest BCUT2D eigenvalue weighted by molar-refractivity contribution is 0.387. The number of nitrogens with one attached hydrogen (secondary N) is 2. The Kier molecular flexibility index (Phi) is 4.86. The van der Waals surface area contributed by atoms with E-state index in [2.05, 4.69) is 37.7 Å². The maximum atomic E-state index is 4.93. The second kappa shape index (κ2) is 6.83. The molecular formula is C13H20N6O. The first-order valence-electron chi connectivity index (χ1n) is 6.79. The molecule has 7 nitrogen and oxygen atoms in total. The zero-order chi connectivity index (χ0) is 14.4. The van der Waals surface area contributed by atoms with E-state index in [1.54, 1.807) is 13.3 Å². The Balaban J connectivity index is 1.92. The zero-order valence-electron chi connectivity index (χ0n) is 12.1. The van der Waals surface area contributed by atoms with Gasteiger partial charge in [0, 0.05) is 32.0 Å². The van der Waals surface area contributed by atoms with Crippen LogP contribution in [0.1, 0.15) is 30.6 Å². The van der Waals surface area contributed by atoms with Crippen LogP contribution in [0.15, 0.2) is 10.9 Å². The number of rotatable bonds is 7. The van der Waals surface area contributed by atoms with E-state index in [4.69, 9.17) is 4.52 Å². The lowest BCUT2D eigenvalue weighted by Gasteiger charge is -2.11. The molecule has 0 aliphatic carbocycles. The summed E-state index contributed by atoms with van der Waals surface area (Å²) in [7, 11) is 0. The molecule has 0 saturated heterocycles. The van der Waals surface area contributed by atoms with Crippen LogP contribution < -0.4 is 10.6 Å². The van der Waals surface area contributed by atoms with Crippen LogP contribution in [0, 0.1) is 13.8 Å². The summed E-state index contributed by atoms with van der Waals surface area (Å²) in [4.78, 5) is 12.7. The second-order valence-electron chi connectivity index (χ2n) is 4.53. The van der Waals surface area contributed by atoms with E-state index in [-0.39, 0.29) is 0 Å². The van der Waals surface area contributed by atoms with Crippen molar-refractivity contribution in [2.45, 2.75) is 33.6 Å². The van der Waals surface area contributed by atoms with Gasteiger partial charge in [-0.3, -0.25) is 0 Å². The van der Waals surface area contributed by atoms with E-state index in [1.807, 2.05) is 6.92 Å². The van der Waals surface area contributed by atoms with Gasteiger partial charge in [0.15, 0.2) is 5.82 Å². The zero-order valence-corrected chi connectivity index (χ0v) is 12.1. The predicted octanol–water partition coefficient (Wildman–Crippen LogP) is 1.95. The molecule has 0 atom stereocenters. The van der Waals surface area contributed by atoms with Crippen molar-refractivity contribution >= 4 is 11.6 Å². The standard InChI is InChI=1S/C13H20N6O/c1-4-6-14-12-9(2)13(17-8-16-12)15-7-5-11-18-10(3)20-19-11/h8H,4-7H2,1-3H3,(H2,14,15,16,17). The molecule has 2 rings (SSSR count). The van der Waals surface area contributed by atoms with Crippen molar-refractivity contribution in [1.29, 1.82) is 0 Å². The van der Waals surface area contributed by atoms with Gasteiger partial charge in [-0.15, -0.1) is 0 Å². The van der Waals surface area contributed by atoms with Gasteiger partial charge in [0.25, 0.3) is 0 Å². The molecule has 0 bridgehead atoms. The molecule has 2 N–H and O–H groups in total. The summed E-state index contributed by atoms with van der Waals surface area (Å²) in [5, 5.41) is 10.4. The monoisotopic (exact) mass is 276 g/mol. The molecule has 20 heavy (non-hydrogen) atoms. The van der Waals surface area contributed by atoms with Crippen molar-refractivity contribution in [2.24, 2.45) is 0 Å². The first-order valence-corrected chi connectivity index (χ1v) is 6.79. The van der Waals surface area contributed by atoms with Crippen molar-refractivity contribution < 1.29 is 4.52 Å². The molecule has 0 fully saturated rings. The van der Waals surface area contributed by atoms with Gasteiger partial charge in [0.1, 0.15) is 18.0 Å². The van der Waals surface area contributed by atoms with Crippen LogP contribution in [-0.2, 0) is 6.42 Å². The van der Waals surface area contributed by atoms with E-state index in [1.165, 1.54) is 0 Å². The highest BCUT2D eigenvalue weighted by atomic mass is 16.5. The van der Waals surface area contributed by atoms with Crippen molar-refractivity contribution in [3.05, 3.63) is 23.6 Å². The molecule has 0 spiro atoms. The van der Waals surface area contributed by atoms with Gasteiger partial charge >= 0.3 is 0 Å². The van der Waals surface area contributed by atoms with Crippen LogP contribution in [0.4, 0.5) is 11.6 Å². The summed E-state index contributed by atoms with van der Waals surface area (Å²) in [6.45, 7) is 7.50. The molecule has 0 aromatic carbocycles. The van der Waals surface area contributed by atoms with Gasteiger partial charge in [-0.2, -0.15) is 4.98 Å². The molecule has 0 saturated carbocycles. The largest absolute Gasteiger partial charge is 0.370 e. The molecular weight excluding hydrogens is 256 g/mol. The van der Waals surface area contributed by atoms with Gasteiger partial charge in [-0.25, -0.2) is 9.97 Å². The number of aryl methyl sites for hydroxylation is 1. The Morgan fingerprint density at radius 2 is 1.80 bits per heavy atom. The van der Waals surface area contributed by atoms with E-state index in [0.29, 0.717) is 24.7 Å². The maximum absolute atomic E-state index is 4.93. The van der Waals surface area contributed by atoms with Crippen molar-refractivity contribution in [3.8, 4) is 0 Å². The van der Waals surface area contributed by atoms with Gasteiger partial charge in [0.05, 0.1) is 0 Å². The molecule has 0 aliphatic heterocycles. The van der Waals surface area contributed by atoms with Gasteiger partial charge in [-0.1, -0.05) is 12.1 Å². The molecule has 0 amide bonds. The lowest BCUT2D eigenvalue weighted by atomic mass is 10.3. The number of aromatic nitrogens is 4. The third-order valence-electron chi connectivity index (χ3n) is 2.84.